The average Bonchev–Trinajstić information content (AvgIpc) is 2.82. The minimum absolute atomic E-state index is 0.0140. The lowest BCUT2D eigenvalue weighted by molar-refractivity contribution is 0.364. The van der Waals surface area contributed by atoms with Gasteiger partial charge in [0.1, 0.15) is 17.7 Å². The number of nitrogens with zero attached hydrogens (tertiary/aromatic N) is 4. The van der Waals surface area contributed by atoms with E-state index >= 15 is 0 Å². The van der Waals surface area contributed by atoms with Gasteiger partial charge in [-0.1, -0.05) is 31.2 Å². The number of benzene rings is 2. The van der Waals surface area contributed by atoms with E-state index in [9.17, 15) is 22.5 Å². The Kier molecular flexibility index (Phi) is 8.42. The molecule has 1 atom stereocenters. The fraction of sp³-hybridized carbons (Fsp3) is 0.320. The molecule has 178 valence electrons. The summed E-state index contributed by atoms with van der Waals surface area (Å²) in [6.45, 7) is 2.22. The number of rotatable bonds is 8. The maximum absolute atomic E-state index is 14.3. The molecule has 0 spiro atoms. The highest BCUT2D eigenvalue weighted by molar-refractivity contribution is 7.89. The summed E-state index contributed by atoms with van der Waals surface area (Å²) in [6, 6.07) is 11.7. The van der Waals surface area contributed by atoms with Crippen LogP contribution in [0.2, 0.25) is 0 Å². The Morgan fingerprint density at radius 1 is 1.21 bits per heavy atom. The van der Waals surface area contributed by atoms with E-state index in [-0.39, 0.29) is 40.7 Å². The zero-order valence-electron chi connectivity index (χ0n) is 19.1. The third kappa shape index (κ3) is 5.64. The van der Waals surface area contributed by atoms with E-state index in [1.54, 1.807) is 25.1 Å². The summed E-state index contributed by atoms with van der Waals surface area (Å²) >= 11 is 0. The number of hydrogen-bond donors (Lipinski definition) is 0. The average molecular weight is 485 g/mol. The fourth-order valence-corrected chi connectivity index (χ4v) is 5.71. The van der Waals surface area contributed by atoms with E-state index in [2.05, 4.69) is 10.2 Å². The molecule has 0 heterocycles. The summed E-state index contributed by atoms with van der Waals surface area (Å²) in [6.07, 6.45) is 5.77. The SMILES string of the molecule is CCN(CC1C=C(/C=C(\N=NC)c2c(F)cccc2F)CCC1)S(=O)(=O)c1ccccc1C#N. The Morgan fingerprint density at radius 3 is 2.56 bits per heavy atom. The van der Waals surface area contributed by atoms with Crippen LogP contribution in [-0.2, 0) is 10.0 Å². The van der Waals surface area contributed by atoms with Crippen LogP contribution in [0.25, 0.3) is 5.70 Å². The van der Waals surface area contributed by atoms with Crippen molar-refractivity contribution < 1.29 is 17.2 Å². The molecule has 6 nitrogen and oxygen atoms in total. The van der Waals surface area contributed by atoms with Gasteiger partial charge in [-0.2, -0.15) is 19.8 Å². The van der Waals surface area contributed by atoms with Crippen LogP contribution in [0.5, 0.6) is 0 Å². The van der Waals surface area contributed by atoms with Crippen LogP contribution in [0.3, 0.4) is 0 Å². The number of hydrogen-bond acceptors (Lipinski definition) is 5. The molecule has 0 bridgehead atoms. The molecule has 0 N–H and O–H groups in total. The minimum Gasteiger partial charge on any atom is -0.207 e. The molecule has 0 aromatic heterocycles. The lowest BCUT2D eigenvalue weighted by Gasteiger charge is -2.27. The molecule has 0 radical (unpaired) electrons. The largest absolute Gasteiger partial charge is 0.244 e. The molecule has 9 heteroatoms. The molecule has 2 aromatic rings. The molecular weight excluding hydrogens is 458 g/mol. The minimum atomic E-state index is -3.86. The van der Waals surface area contributed by atoms with Gasteiger partial charge in [-0.05, 0) is 61.1 Å². The van der Waals surface area contributed by atoms with Crippen molar-refractivity contribution in [2.45, 2.75) is 31.1 Å². The highest BCUT2D eigenvalue weighted by Gasteiger charge is 2.28. The van der Waals surface area contributed by atoms with Crippen molar-refractivity contribution in [3.63, 3.8) is 0 Å². The molecule has 34 heavy (non-hydrogen) atoms. The smallest absolute Gasteiger partial charge is 0.207 e. The quantitative estimate of drug-likeness (QED) is 0.451. The first-order chi connectivity index (χ1) is 16.3. The van der Waals surface area contributed by atoms with Crippen LogP contribution in [-0.4, -0.2) is 32.9 Å². The molecule has 3 rings (SSSR count). The van der Waals surface area contributed by atoms with Gasteiger partial charge in [0.15, 0.2) is 0 Å². The standard InChI is InChI=1S/C25H26F2N4O2S/c1-3-31(34(32,33)24-13-5-4-10-20(24)16-28)17-19-9-6-8-18(14-19)15-23(30-29-2)25-21(26)11-7-12-22(25)27/h4-5,7,10-15,19H,3,6,8-9,17H2,1-2H3/b23-15-,30-29?. The second-order valence-corrected chi connectivity index (χ2v) is 9.79. The summed E-state index contributed by atoms with van der Waals surface area (Å²) in [5.41, 5.74) is 0.743. The summed E-state index contributed by atoms with van der Waals surface area (Å²) in [5, 5.41) is 17.0. The van der Waals surface area contributed by atoms with E-state index in [4.69, 9.17) is 0 Å². The van der Waals surface area contributed by atoms with Crippen molar-refractivity contribution in [3.05, 3.63) is 83.0 Å². The van der Waals surface area contributed by atoms with E-state index in [0.717, 1.165) is 18.4 Å². The molecule has 1 aliphatic rings. The summed E-state index contributed by atoms with van der Waals surface area (Å²) in [5.74, 6) is -1.56. The summed E-state index contributed by atoms with van der Waals surface area (Å²) in [4.78, 5) is -0.0140. The van der Waals surface area contributed by atoms with E-state index in [0.29, 0.717) is 6.42 Å². The molecule has 0 aliphatic heterocycles. The maximum atomic E-state index is 14.3. The second-order valence-electron chi connectivity index (χ2n) is 7.88. The van der Waals surface area contributed by atoms with Crippen molar-refractivity contribution in [2.24, 2.45) is 16.1 Å². The van der Waals surface area contributed by atoms with Crippen molar-refractivity contribution in [1.82, 2.24) is 4.31 Å². The Bertz CT molecular complexity index is 1260. The van der Waals surface area contributed by atoms with Crippen LogP contribution in [0.4, 0.5) is 8.78 Å². The Morgan fingerprint density at radius 2 is 1.91 bits per heavy atom. The van der Waals surface area contributed by atoms with Crippen molar-refractivity contribution in [3.8, 4) is 6.07 Å². The van der Waals surface area contributed by atoms with Gasteiger partial charge in [-0.3, -0.25) is 0 Å². The molecule has 0 saturated heterocycles. The second kappa shape index (κ2) is 11.3. The van der Waals surface area contributed by atoms with Gasteiger partial charge in [-0.25, -0.2) is 17.2 Å². The maximum Gasteiger partial charge on any atom is 0.244 e. The predicted octanol–water partition coefficient (Wildman–Crippen LogP) is 5.70. The zero-order chi connectivity index (χ0) is 24.7. The summed E-state index contributed by atoms with van der Waals surface area (Å²) in [7, 11) is -2.44. The van der Waals surface area contributed by atoms with Crippen LogP contribution >= 0.6 is 0 Å². The first-order valence-electron chi connectivity index (χ1n) is 11.0. The monoisotopic (exact) mass is 484 g/mol. The predicted molar refractivity (Wildman–Crippen MR) is 126 cm³/mol. The van der Waals surface area contributed by atoms with Crippen molar-refractivity contribution >= 4 is 15.7 Å². The highest BCUT2D eigenvalue weighted by atomic mass is 32.2. The number of azo groups is 1. The van der Waals surface area contributed by atoms with Gasteiger partial charge in [0.2, 0.25) is 10.0 Å². The number of allylic oxidation sites excluding steroid dienone is 2. The van der Waals surface area contributed by atoms with Crippen molar-refractivity contribution in [2.75, 3.05) is 20.1 Å². The van der Waals surface area contributed by atoms with Crippen LogP contribution < -0.4 is 0 Å². The van der Waals surface area contributed by atoms with Crippen LogP contribution in [0, 0.1) is 28.9 Å². The first-order valence-corrected chi connectivity index (χ1v) is 12.4. The molecule has 0 amide bonds. The van der Waals surface area contributed by atoms with Gasteiger partial charge in [0.05, 0.1) is 21.7 Å². The Labute approximate surface area is 199 Å². The van der Waals surface area contributed by atoms with E-state index < -0.39 is 21.7 Å². The van der Waals surface area contributed by atoms with Gasteiger partial charge in [-0.15, -0.1) is 0 Å². The topological polar surface area (TPSA) is 85.9 Å². The number of nitriles is 1. The highest BCUT2D eigenvalue weighted by Crippen LogP contribution is 2.31. The zero-order valence-corrected chi connectivity index (χ0v) is 19.9. The third-order valence-corrected chi connectivity index (χ3v) is 7.65. The lowest BCUT2D eigenvalue weighted by Crippen LogP contribution is -2.35. The number of halogens is 2. The summed E-state index contributed by atoms with van der Waals surface area (Å²) < 4.78 is 56.5. The first kappa shape index (κ1) is 25.4. The normalized spacial score (nSPS) is 17.1. The van der Waals surface area contributed by atoms with Gasteiger partial charge in [0.25, 0.3) is 0 Å². The van der Waals surface area contributed by atoms with Gasteiger partial charge in [0, 0.05) is 20.1 Å². The van der Waals surface area contributed by atoms with E-state index in [1.807, 2.05) is 12.1 Å². The molecule has 2 aromatic carbocycles. The molecule has 0 fully saturated rings. The van der Waals surface area contributed by atoms with Crippen molar-refractivity contribution in [1.29, 1.82) is 5.26 Å². The van der Waals surface area contributed by atoms with Gasteiger partial charge >= 0.3 is 0 Å². The Hall–Kier alpha value is -3.22. The Balaban J connectivity index is 1.91. The molecule has 0 saturated carbocycles. The van der Waals surface area contributed by atoms with Gasteiger partial charge < -0.3 is 0 Å². The molecular formula is C25H26F2N4O2S. The number of sulfonamides is 1. The van der Waals surface area contributed by atoms with E-state index in [1.165, 1.54) is 41.7 Å². The molecule has 1 aliphatic carbocycles. The lowest BCUT2D eigenvalue weighted by atomic mass is 9.89. The third-order valence-electron chi connectivity index (χ3n) is 5.66. The van der Waals surface area contributed by atoms with Crippen LogP contribution in [0.15, 0.2) is 75.3 Å². The molecule has 1 unspecified atom stereocenters. The van der Waals surface area contributed by atoms with Crippen LogP contribution in [0.1, 0.15) is 37.3 Å². The fourth-order valence-electron chi connectivity index (χ4n) is 4.06.